The number of hydrogen-bond acceptors (Lipinski definition) is 3. The van der Waals surface area contributed by atoms with Gasteiger partial charge in [-0.2, -0.15) is 0 Å². The first-order valence-corrected chi connectivity index (χ1v) is 9.58. The zero-order valence-corrected chi connectivity index (χ0v) is 17.9. The summed E-state index contributed by atoms with van der Waals surface area (Å²) < 4.78 is 1.27. The van der Waals surface area contributed by atoms with E-state index in [1.807, 2.05) is 27.7 Å². The van der Waals surface area contributed by atoms with Gasteiger partial charge in [0.05, 0.1) is 16.1 Å². The zero-order chi connectivity index (χ0) is 21.2. The molecule has 0 spiro atoms. The minimum Gasteiger partial charge on any atom is -0.334 e. The molecule has 0 saturated carbocycles. The molecule has 0 bridgehead atoms. The molecule has 1 heterocycles. The third-order valence-corrected chi connectivity index (χ3v) is 4.75. The van der Waals surface area contributed by atoms with Gasteiger partial charge in [0, 0.05) is 30.4 Å². The monoisotopic (exact) mass is 423 g/mol. The molecular formula is C20H23Cl2N3O3. The maximum Gasteiger partial charge on any atom is 0.274 e. The molecule has 0 radical (unpaired) electrons. The molecule has 0 atom stereocenters. The van der Waals surface area contributed by atoms with Gasteiger partial charge in [0.2, 0.25) is 0 Å². The second-order valence-electron chi connectivity index (χ2n) is 7.04. The smallest absolute Gasteiger partial charge is 0.274 e. The molecule has 0 aliphatic carbocycles. The fourth-order valence-corrected chi connectivity index (χ4v) is 3.49. The van der Waals surface area contributed by atoms with Crippen molar-refractivity contribution in [3.8, 4) is 0 Å². The number of nitrogens with zero attached hydrogens (tertiary/aromatic N) is 2. The normalized spacial score (nSPS) is 11.0. The largest absolute Gasteiger partial charge is 0.334 e. The Morgan fingerprint density at radius 3 is 2.21 bits per heavy atom. The number of hydrogen-bond donors (Lipinski definition) is 1. The Labute approximate surface area is 174 Å². The number of carbonyl (C=O) groups excluding carboxylic acids is 2. The molecule has 2 amide bonds. The molecule has 0 aliphatic rings. The molecule has 1 aromatic heterocycles. The van der Waals surface area contributed by atoms with Gasteiger partial charge in [-0.3, -0.25) is 14.4 Å². The predicted molar refractivity (Wildman–Crippen MR) is 113 cm³/mol. The molecule has 150 valence electrons. The molecule has 0 saturated heterocycles. The molecule has 2 rings (SSSR count). The lowest BCUT2D eigenvalue weighted by Gasteiger charge is -2.31. The van der Waals surface area contributed by atoms with Crippen molar-refractivity contribution in [2.24, 2.45) is 7.05 Å². The Hall–Kier alpha value is -2.31. The summed E-state index contributed by atoms with van der Waals surface area (Å²) in [5.41, 5.74) is 0.0466. The van der Waals surface area contributed by atoms with Crippen molar-refractivity contribution in [1.82, 2.24) is 9.47 Å². The van der Waals surface area contributed by atoms with Crippen molar-refractivity contribution in [1.29, 1.82) is 0 Å². The van der Waals surface area contributed by atoms with Gasteiger partial charge in [0.15, 0.2) is 0 Å². The number of benzene rings is 1. The number of anilines is 1. The lowest BCUT2D eigenvalue weighted by Crippen LogP contribution is -2.42. The summed E-state index contributed by atoms with van der Waals surface area (Å²) in [5.74, 6) is -0.784. The first-order valence-electron chi connectivity index (χ1n) is 8.82. The summed E-state index contributed by atoms with van der Waals surface area (Å²) in [6.45, 7) is 7.69. The second kappa shape index (κ2) is 8.80. The summed E-state index contributed by atoms with van der Waals surface area (Å²) in [6, 6.07) is 5.80. The van der Waals surface area contributed by atoms with Crippen LogP contribution in [0.5, 0.6) is 0 Å². The van der Waals surface area contributed by atoms with E-state index < -0.39 is 11.5 Å². The Morgan fingerprint density at radius 1 is 1.07 bits per heavy atom. The van der Waals surface area contributed by atoms with Gasteiger partial charge in [-0.05, 0) is 52.0 Å². The Balaban J connectivity index is 2.42. The summed E-state index contributed by atoms with van der Waals surface area (Å²) in [7, 11) is 1.53. The predicted octanol–water partition coefficient (Wildman–Crippen LogP) is 4.20. The SMILES string of the molecule is CC(C)N(C(=O)c1cc(NC(=O)c2ccc(Cl)cc2Cl)c(=O)n(C)c1)C(C)C. The van der Waals surface area contributed by atoms with E-state index in [0.29, 0.717) is 10.6 Å². The van der Waals surface area contributed by atoms with Gasteiger partial charge in [-0.1, -0.05) is 23.2 Å². The van der Waals surface area contributed by atoms with Crippen LogP contribution in [0.15, 0.2) is 35.3 Å². The van der Waals surface area contributed by atoms with Gasteiger partial charge >= 0.3 is 0 Å². The van der Waals surface area contributed by atoms with Crippen LogP contribution in [0.2, 0.25) is 10.0 Å². The number of nitrogens with one attached hydrogen (secondary N) is 1. The number of aromatic nitrogens is 1. The summed E-state index contributed by atoms with van der Waals surface area (Å²) in [6.07, 6.45) is 1.47. The van der Waals surface area contributed by atoms with E-state index in [0.717, 1.165) is 0 Å². The van der Waals surface area contributed by atoms with Crippen molar-refractivity contribution in [3.63, 3.8) is 0 Å². The fourth-order valence-electron chi connectivity index (χ4n) is 3.00. The van der Waals surface area contributed by atoms with Crippen molar-refractivity contribution >= 4 is 40.7 Å². The summed E-state index contributed by atoms with van der Waals surface area (Å²) >= 11 is 11.9. The number of pyridine rings is 1. The topological polar surface area (TPSA) is 71.4 Å². The van der Waals surface area contributed by atoms with Gasteiger partial charge in [0.25, 0.3) is 17.4 Å². The van der Waals surface area contributed by atoms with E-state index in [-0.39, 0.29) is 34.3 Å². The number of aryl methyl sites for hydroxylation is 1. The highest BCUT2D eigenvalue weighted by atomic mass is 35.5. The second-order valence-corrected chi connectivity index (χ2v) is 7.88. The van der Waals surface area contributed by atoms with Crippen LogP contribution in [-0.2, 0) is 7.05 Å². The Bertz CT molecular complexity index is 960. The Kier molecular flexibility index (Phi) is 6.91. The minimum absolute atomic E-state index is 0.00294. The first kappa shape index (κ1) is 22.0. The molecule has 0 unspecified atom stereocenters. The first-order chi connectivity index (χ1) is 13.0. The number of rotatable bonds is 5. The zero-order valence-electron chi connectivity index (χ0n) is 16.4. The van der Waals surface area contributed by atoms with Crippen molar-refractivity contribution in [3.05, 3.63) is 62.0 Å². The average molecular weight is 424 g/mol. The van der Waals surface area contributed by atoms with Crippen molar-refractivity contribution < 1.29 is 9.59 Å². The molecule has 28 heavy (non-hydrogen) atoms. The van der Waals surface area contributed by atoms with Crippen LogP contribution in [0.1, 0.15) is 48.4 Å². The molecule has 0 fully saturated rings. The van der Waals surface area contributed by atoms with E-state index >= 15 is 0 Å². The lowest BCUT2D eigenvalue weighted by molar-refractivity contribution is 0.0642. The minimum atomic E-state index is -0.562. The van der Waals surface area contributed by atoms with Crippen LogP contribution >= 0.6 is 23.2 Å². The number of carbonyl (C=O) groups is 2. The summed E-state index contributed by atoms with van der Waals surface area (Å²) in [4.78, 5) is 39.7. The van der Waals surface area contributed by atoms with Gasteiger partial charge in [-0.15, -0.1) is 0 Å². The molecule has 1 aromatic carbocycles. The standard InChI is InChI=1S/C20H23Cl2N3O3/c1-11(2)25(12(3)4)19(27)13-8-17(20(28)24(5)10-13)23-18(26)15-7-6-14(21)9-16(15)22/h6-12H,1-5H3,(H,23,26). The molecule has 1 N–H and O–H groups in total. The number of halogens is 2. The highest BCUT2D eigenvalue weighted by Gasteiger charge is 2.23. The van der Waals surface area contributed by atoms with Gasteiger partial charge < -0.3 is 14.8 Å². The third-order valence-electron chi connectivity index (χ3n) is 4.20. The van der Waals surface area contributed by atoms with Crippen LogP contribution in [-0.4, -0.2) is 33.4 Å². The number of amides is 2. The highest BCUT2D eigenvalue weighted by molar-refractivity contribution is 6.37. The molecular weight excluding hydrogens is 401 g/mol. The van der Waals surface area contributed by atoms with E-state index in [9.17, 15) is 14.4 Å². The van der Waals surface area contributed by atoms with E-state index in [2.05, 4.69) is 5.32 Å². The van der Waals surface area contributed by atoms with E-state index in [1.54, 1.807) is 4.90 Å². The van der Waals surface area contributed by atoms with Gasteiger partial charge in [0.1, 0.15) is 5.69 Å². The molecule has 8 heteroatoms. The van der Waals surface area contributed by atoms with E-state index in [4.69, 9.17) is 23.2 Å². The maximum absolute atomic E-state index is 13.0. The van der Waals surface area contributed by atoms with Crippen LogP contribution in [0, 0.1) is 0 Å². The Morgan fingerprint density at radius 2 is 1.68 bits per heavy atom. The van der Waals surface area contributed by atoms with Crippen molar-refractivity contribution in [2.45, 2.75) is 39.8 Å². The average Bonchev–Trinajstić information content (AvgIpc) is 2.57. The summed E-state index contributed by atoms with van der Waals surface area (Å²) in [5, 5.41) is 3.11. The lowest BCUT2D eigenvalue weighted by atomic mass is 10.1. The van der Waals surface area contributed by atoms with Gasteiger partial charge in [-0.25, -0.2) is 0 Å². The quantitative estimate of drug-likeness (QED) is 0.782. The molecule has 6 nitrogen and oxygen atoms in total. The van der Waals surface area contributed by atoms with Crippen LogP contribution in [0.3, 0.4) is 0 Å². The highest BCUT2D eigenvalue weighted by Crippen LogP contribution is 2.22. The van der Waals surface area contributed by atoms with Crippen LogP contribution in [0.4, 0.5) is 5.69 Å². The maximum atomic E-state index is 13.0. The fraction of sp³-hybridized carbons (Fsp3) is 0.350. The van der Waals surface area contributed by atoms with Crippen molar-refractivity contribution in [2.75, 3.05) is 5.32 Å². The molecule has 2 aromatic rings. The molecule has 0 aliphatic heterocycles. The van der Waals surface area contributed by atoms with Crippen LogP contribution < -0.4 is 10.9 Å². The third kappa shape index (κ3) is 4.75. The van der Waals surface area contributed by atoms with Crippen LogP contribution in [0.25, 0.3) is 0 Å². The van der Waals surface area contributed by atoms with E-state index in [1.165, 1.54) is 42.1 Å².